The van der Waals surface area contributed by atoms with E-state index in [2.05, 4.69) is 22.5 Å². The number of carbonyl (C=O) groups is 3. The topological polar surface area (TPSA) is 87.2 Å². The molecule has 0 aliphatic carbocycles. The first-order valence-corrected chi connectivity index (χ1v) is 14.0. The van der Waals surface area contributed by atoms with Gasteiger partial charge in [0.15, 0.2) is 0 Å². The van der Waals surface area contributed by atoms with E-state index >= 15 is 0 Å². The summed E-state index contributed by atoms with van der Waals surface area (Å²) in [6.45, 7) is 7.56. The highest BCUT2D eigenvalue weighted by Gasteiger charge is 2.76. The van der Waals surface area contributed by atoms with Gasteiger partial charge in [0, 0.05) is 16.6 Å². The zero-order valence-electron chi connectivity index (χ0n) is 19.7. The molecule has 0 radical (unpaired) electrons. The third kappa shape index (κ3) is 4.12. The van der Waals surface area contributed by atoms with Gasteiger partial charge in [-0.3, -0.25) is 14.4 Å². The Kier molecular flexibility index (Phi) is 7.91. The van der Waals surface area contributed by atoms with Crippen LogP contribution in [0.25, 0.3) is 0 Å². The predicted octanol–water partition coefficient (Wildman–Crippen LogP) is 3.66. The number of esters is 1. The monoisotopic (exact) mass is 584 g/mol. The zero-order valence-corrected chi connectivity index (χ0v) is 22.9. The van der Waals surface area contributed by atoms with Crippen molar-refractivity contribution in [2.24, 2.45) is 11.8 Å². The third-order valence-electron chi connectivity index (χ3n) is 7.32. The van der Waals surface area contributed by atoms with Crippen LogP contribution in [0.2, 0.25) is 5.02 Å². The molecule has 2 bridgehead atoms. The summed E-state index contributed by atoms with van der Waals surface area (Å²) in [4.78, 5) is 44.5. The van der Waals surface area contributed by atoms with Crippen molar-refractivity contribution in [3.05, 3.63) is 41.9 Å². The minimum atomic E-state index is -0.872. The molecule has 3 heterocycles. The van der Waals surface area contributed by atoms with Crippen LogP contribution in [0, 0.1) is 11.8 Å². The summed E-state index contributed by atoms with van der Waals surface area (Å²) in [6, 6.07) is 5.63. The van der Waals surface area contributed by atoms with Crippen molar-refractivity contribution in [1.82, 2.24) is 4.90 Å². The molecule has 3 fully saturated rings. The Morgan fingerprint density at radius 3 is 2.74 bits per heavy atom. The highest BCUT2D eigenvalue weighted by molar-refractivity contribution is 9.09. The van der Waals surface area contributed by atoms with Crippen molar-refractivity contribution in [2.45, 2.75) is 53.6 Å². The summed E-state index contributed by atoms with van der Waals surface area (Å²) in [6.07, 6.45) is 2.64. The molecule has 7 nitrogen and oxygen atoms in total. The van der Waals surface area contributed by atoms with E-state index < -0.39 is 34.6 Å². The molecule has 1 aromatic rings. The second-order valence-electron chi connectivity index (χ2n) is 9.09. The molecule has 0 saturated carbocycles. The van der Waals surface area contributed by atoms with Crippen molar-refractivity contribution in [3.8, 4) is 0 Å². The largest absolute Gasteiger partial charge is 0.466 e. The first-order chi connectivity index (χ1) is 16.8. The average molecular weight is 586 g/mol. The molecule has 3 unspecified atom stereocenters. The Hall–Kier alpha value is -1.55. The number of para-hydroxylation sites is 1. The SMILES string of the molecule is C=CCN(C(=O)C1N([C@@H](CC)CO)C(=O)[C@@H]2[C@H](C(=O)OCC)[C@H]3SC12CC3Br)c1ccccc1Cl. The van der Waals surface area contributed by atoms with Gasteiger partial charge < -0.3 is 19.6 Å². The molecular formula is C25H30BrClN2O5S. The van der Waals surface area contributed by atoms with E-state index in [1.807, 2.05) is 6.92 Å². The van der Waals surface area contributed by atoms with Gasteiger partial charge in [0.2, 0.25) is 5.91 Å². The van der Waals surface area contributed by atoms with Gasteiger partial charge in [-0.15, -0.1) is 18.3 Å². The first kappa shape index (κ1) is 26.5. The molecule has 10 heteroatoms. The molecule has 3 aliphatic rings. The number of alkyl halides is 1. The number of benzene rings is 1. The van der Waals surface area contributed by atoms with Gasteiger partial charge in [0.05, 0.1) is 46.5 Å². The van der Waals surface area contributed by atoms with Gasteiger partial charge in [-0.2, -0.15) is 0 Å². The lowest BCUT2D eigenvalue weighted by Gasteiger charge is -2.39. The number of anilines is 1. The van der Waals surface area contributed by atoms with Crippen LogP contribution in [-0.4, -0.2) is 74.5 Å². The first-order valence-electron chi connectivity index (χ1n) is 11.9. The number of nitrogens with zero attached hydrogens (tertiary/aromatic N) is 2. The second kappa shape index (κ2) is 10.4. The Morgan fingerprint density at radius 2 is 2.14 bits per heavy atom. The van der Waals surface area contributed by atoms with Gasteiger partial charge in [0.1, 0.15) is 6.04 Å². The summed E-state index contributed by atoms with van der Waals surface area (Å²) in [5, 5.41) is 10.4. The smallest absolute Gasteiger partial charge is 0.310 e. The summed E-state index contributed by atoms with van der Waals surface area (Å²) < 4.78 is 4.55. The maximum atomic E-state index is 14.4. The van der Waals surface area contributed by atoms with Crippen molar-refractivity contribution in [2.75, 3.05) is 24.7 Å². The molecule has 3 aliphatic heterocycles. The number of likely N-dealkylation sites (tertiary alicyclic amines) is 1. The molecule has 1 spiro atoms. The molecule has 7 atom stereocenters. The Bertz CT molecular complexity index is 1020. The van der Waals surface area contributed by atoms with Gasteiger partial charge in [-0.25, -0.2) is 0 Å². The normalized spacial score (nSPS) is 31.9. The van der Waals surface area contributed by atoms with Crippen LogP contribution in [0.4, 0.5) is 5.69 Å². The number of carbonyl (C=O) groups excluding carboxylic acids is 3. The lowest BCUT2D eigenvalue weighted by molar-refractivity contribution is -0.154. The fraction of sp³-hybridized carbons (Fsp3) is 0.560. The average Bonchev–Trinajstić information content (AvgIpc) is 3.43. The van der Waals surface area contributed by atoms with Crippen molar-refractivity contribution in [3.63, 3.8) is 0 Å². The summed E-state index contributed by atoms with van der Waals surface area (Å²) >= 11 is 11.7. The number of halogens is 2. The van der Waals surface area contributed by atoms with Crippen LogP contribution >= 0.6 is 39.3 Å². The van der Waals surface area contributed by atoms with E-state index in [4.69, 9.17) is 16.3 Å². The minimum Gasteiger partial charge on any atom is -0.466 e. The molecular weight excluding hydrogens is 556 g/mol. The Labute approximate surface area is 223 Å². The number of aliphatic hydroxyl groups excluding tert-OH is 1. The number of amides is 2. The quantitative estimate of drug-likeness (QED) is 0.270. The van der Waals surface area contributed by atoms with Crippen molar-refractivity contribution in [1.29, 1.82) is 0 Å². The number of rotatable bonds is 9. The van der Waals surface area contributed by atoms with E-state index in [1.54, 1.807) is 47.1 Å². The van der Waals surface area contributed by atoms with E-state index in [1.165, 1.54) is 11.8 Å². The molecule has 190 valence electrons. The number of thioether (sulfide) groups is 1. The molecule has 1 aromatic carbocycles. The van der Waals surface area contributed by atoms with Crippen molar-refractivity contribution < 1.29 is 24.2 Å². The van der Waals surface area contributed by atoms with Gasteiger partial charge in [-0.1, -0.05) is 52.7 Å². The highest BCUT2D eigenvalue weighted by atomic mass is 79.9. The zero-order chi connectivity index (χ0) is 25.5. The maximum absolute atomic E-state index is 14.4. The van der Waals surface area contributed by atoms with Gasteiger partial charge in [0.25, 0.3) is 5.91 Å². The molecule has 0 aromatic heterocycles. The lowest BCUT2D eigenvalue weighted by Crippen LogP contribution is -2.58. The fourth-order valence-corrected chi connectivity index (χ4v) is 9.73. The summed E-state index contributed by atoms with van der Waals surface area (Å²) in [5.74, 6) is -2.33. The second-order valence-corrected chi connectivity index (χ2v) is 12.2. The summed E-state index contributed by atoms with van der Waals surface area (Å²) in [7, 11) is 0. The number of ether oxygens (including phenoxy) is 1. The molecule has 2 amide bonds. The number of hydrogen-bond donors (Lipinski definition) is 1. The van der Waals surface area contributed by atoms with Crippen LogP contribution in [-0.2, 0) is 19.1 Å². The Morgan fingerprint density at radius 1 is 1.43 bits per heavy atom. The minimum absolute atomic E-state index is 0.0522. The maximum Gasteiger partial charge on any atom is 0.310 e. The number of hydrogen-bond acceptors (Lipinski definition) is 6. The predicted molar refractivity (Wildman–Crippen MR) is 141 cm³/mol. The summed E-state index contributed by atoms with van der Waals surface area (Å²) in [5.41, 5.74) is 0.526. The fourth-order valence-electron chi connectivity index (χ4n) is 5.92. The molecule has 35 heavy (non-hydrogen) atoms. The molecule has 3 saturated heterocycles. The van der Waals surface area contributed by atoms with E-state index in [-0.39, 0.29) is 41.6 Å². The van der Waals surface area contributed by atoms with Crippen LogP contribution < -0.4 is 4.90 Å². The third-order valence-corrected chi connectivity index (χ3v) is 10.9. The van der Waals surface area contributed by atoms with Crippen LogP contribution in [0.5, 0.6) is 0 Å². The molecule has 4 rings (SSSR count). The highest BCUT2D eigenvalue weighted by Crippen LogP contribution is 2.68. The molecule has 1 N–H and O–H groups in total. The van der Waals surface area contributed by atoms with Gasteiger partial charge >= 0.3 is 5.97 Å². The van der Waals surface area contributed by atoms with Crippen LogP contribution in [0.1, 0.15) is 26.7 Å². The van der Waals surface area contributed by atoms with Crippen LogP contribution in [0.3, 0.4) is 0 Å². The van der Waals surface area contributed by atoms with Gasteiger partial charge in [-0.05, 0) is 31.9 Å². The number of fused-ring (bicyclic) bond motifs is 1. The van der Waals surface area contributed by atoms with E-state index in [9.17, 15) is 19.5 Å². The van der Waals surface area contributed by atoms with E-state index in [0.717, 1.165) is 0 Å². The van der Waals surface area contributed by atoms with Crippen molar-refractivity contribution >= 4 is 62.8 Å². The van der Waals surface area contributed by atoms with Crippen LogP contribution in [0.15, 0.2) is 36.9 Å². The standard InChI is InChI=1S/C25H30BrClN2O5S/c1-4-11-28(17-10-8-7-9-16(17)27)23(32)21-25-12-15(26)20(35-25)18(24(33)34-6-3)19(25)22(31)29(21)14(5-2)13-30/h4,7-10,14-15,18-21,30H,1,5-6,11-13H2,2-3H3/t14-,15?,18-,19-,20-,21?,25?/m0/s1. The lowest BCUT2D eigenvalue weighted by atomic mass is 9.71. The number of aliphatic hydroxyl groups is 1. The Balaban J connectivity index is 1.85. The van der Waals surface area contributed by atoms with E-state index in [0.29, 0.717) is 23.6 Å².